The molecule has 0 amide bonds. The van der Waals surface area contributed by atoms with Crippen LogP contribution >= 0.6 is 23.2 Å². The van der Waals surface area contributed by atoms with Gasteiger partial charge in [0.05, 0.1) is 0 Å². The summed E-state index contributed by atoms with van der Waals surface area (Å²) in [5, 5.41) is 1.26. The van der Waals surface area contributed by atoms with Gasteiger partial charge in [-0.2, -0.15) is 0 Å². The molecular formula is C6H6Cl2N+. The molecule has 0 aliphatic carbocycles. The van der Waals surface area contributed by atoms with Gasteiger partial charge in [0, 0.05) is 22.2 Å². The minimum atomic E-state index is 0.632. The molecule has 9 heavy (non-hydrogen) atoms. The summed E-state index contributed by atoms with van der Waals surface area (Å²) >= 11 is 11.3. The summed E-state index contributed by atoms with van der Waals surface area (Å²) in [6.45, 7) is 0. The van der Waals surface area contributed by atoms with E-state index in [0.717, 1.165) is 5.69 Å². The Labute approximate surface area is 63.4 Å². The van der Waals surface area contributed by atoms with Gasteiger partial charge in [0.1, 0.15) is 5.69 Å². The molecule has 0 heterocycles. The quantitative estimate of drug-likeness (QED) is 0.604. The first kappa shape index (κ1) is 6.87. The average molecular weight is 163 g/mol. The van der Waals surface area contributed by atoms with Gasteiger partial charge in [-0.15, -0.1) is 0 Å². The zero-order valence-electron chi connectivity index (χ0n) is 4.70. The Morgan fingerprint density at radius 3 is 1.78 bits per heavy atom. The highest BCUT2D eigenvalue weighted by Crippen LogP contribution is 2.18. The van der Waals surface area contributed by atoms with Crippen LogP contribution in [0.2, 0.25) is 10.0 Å². The van der Waals surface area contributed by atoms with Crippen molar-refractivity contribution in [1.82, 2.24) is 0 Å². The molecule has 0 radical (unpaired) electrons. The van der Waals surface area contributed by atoms with Crippen LogP contribution in [0.1, 0.15) is 0 Å². The smallest absolute Gasteiger partial charge is 0.130 e. The van der Waals surface area contributed by atoms with Crippen molar-refractivity contribution in [3.05, 3.63) is 28.2 Å². The third-order valence-electron chi connectivity index (χ3n) is 0.922. The molecule has 0 aromatic heterocycles. The van der Waals surface area contributed by atoms with E-state index in [1.54, 1.807) is 18.2 Å². The molecule has 0 aliphatic rings. The van der Waals surface area contributed by atoms with Gasteiger partial charge in [-0.25, -0.2) is 0 Å². The van der Waals surface area contributed by atoms with Crippen LogP contribution in [0.15, 0.2) is 18.2 Å². The number of rotatable bonds is 0. The van der Waals surface area contributed by atoms with E-state index < -0.39 is 0 Å². The fourth-order valence-electron chi connectivity index (χ4n) is 0.611. The minimum Gasteiger partial charge on any atom is -0.325 e. The van der Waals surface area contributed by atoms with Gasteiger partial charge in [-0.1, -0.05) is 23.2 Å². The fourth-order valence-corrected chi connectivity index (χ4v) is 1.18. The Kier molecular flexibility index (Phi) is 1.96. The molecule has 0 saturated carbocycles. The van der Waals surface area contributed by atoms with Crippen LogP contribution in [-0.4, -0.2) is 0 Å². The molecule has 3 heteroatoms. The van der Waals surface area contributed by atoms with E-state index in [-0.39, 0.29) is 0 Å². The zero-order valence-corrected chi connectivity index (χ0v) is 6.21. The van der Waals surface area contributed by atoms with E-state index >= 15 is 0 Å². The van der Waals surface area contributed by atoms with Crippen molar-refractivity contribution >= 4 is 28.9 Å². The highest BCUT2D eigenvalue weighted by atomic mass is 35.5. The second kappa shape index (κ2) is 2.56. The zero-order chi connectivity index (χ0) is 6.85. The maximum absolute atomic E-state index is 5.63. The molecule has 48 valence electrons. The maximum Gasteiger partial charge on any atom is 0.130 e. The van der Waals surface area contributed by atoms with E-state index in [1.807, 2.05) is 0 Å². The van der Waals surface area contributed by atoms with Crippen LogP contribution in [0.5, 0.6) is 0 Å². The largest absolute Gasteiger partial charge is 0.325 e. The van der Waals surface area contributed by atoms with Crippen molar-refractivity contribution in [2.45, 2.75) is 0 Å². The number of benzene rings is 1. The molecule has 0 spiro atoms. The Hall–Kier alpha value is -0.240. The van der Waals surface area contributed by atoms with E-state index in [2.05, 4.69) is 5.73 Å². The first-order chi connectivity index (χ1) is 4.18. The maximum atomic E-state index is 5.63. The van der Waals surface area contributed by atoms with Gasteiger partial charge in [-0.05, 0) is 6.07 Å². The molecule has 1 aromatic rings. The summed E-state index contributed by atoms with van der Waals surface area (Å²) in [5.41, 5.74) is 4.51. The second-order valence-corrected chi connectivity index (χ2v) is 2.65. The molecule has 0 aliphatic heterocycles. The predicted molar refractivity (Wildman–Crippen MR) is 39.0 cm³/mol. The lowest BCUT2D eigenvalue weighted by molar-refractivity contribution is -0.254. The standard InChI is InChI=1S/C6H5Cl2N/c7-4-1-5(8)3-6(9)2-4/h1-3H,9H2/p+1. The topological polar surface area (TPSA) is 27.6 Å². The average Bonchev–Trinajstić information content (AvgIpc) is 1.59. The molecule has 1 nitrogen and oxygen atoms in total. The Bertz CT molecular complexity index is 172. The number of quaternary nitrogens is 1. The van der Waals surface area contributed by atoms with Crippen molar-refractivity contribution < 1.29 is 5.73 Å². The van der Waals surface area contributed by atoms with Gasteiger partial charge in [0.15, 0.2) is 0 Å². The number of hydrogen-bond donors (Lipinski definition) is 1. The van der Waals surface area contributed by atoms with Crippen molar-refractivity contribution in [2.24, 2.45) is 0 Å². The van der Waals surface area contributed by atoms with Gasteiger partial charge >= 0.3 is 0 Å². The summed E-state index contributed by atoms with van der Waals surface area (Å²) in [6, 6.07) is 5.19. The highest BCUT2D eigenvalue weighted by molar-refractivity contribution is 6.34. The Morgan fingerprint density at radius 1 is 1.00 bits per heavy atom. The van der Waals surface area contributed by atoms with Crippen molar-refractivity contribution in [1.29, 1.82) is 0 Å². The summed E-state index contributed by atoms with van der Waals surface area (Å²) in [4.78, 5) is 0. The van der Waals surface area contributed by atoms with Crippen LogP contribution < -0.4 is 5.73 Å². The highest BCUT2D eigenvalue weighted by Gasteiger charge is 1.94. The summed E-state index contributed by atoms with van der Waals surface area (Å²) in [5.74, 6) is 0. The minimum absolute atomic E-state index is 0.632. The lowest BCUT2D eigenvalue weighted by Gasteiger charge is -1.90. The number of halogens is 2. The molecule has 1 rings (SSSR count). The van der Waals surface area contributed by atoms with Gasteiger partial charge in [0.25, 0.3) is 0 Å². The first-order valence-corrected chi connectivity index (χ1v) is 3.22. The molecule has 0 fully saturated rings. The van der Waals surface area contributed by atoms with Crippen molar-refractivity contribution in [3.63, 3.8) is 0 Å². The second-order valence-electron chi connectivity index (χ2n) is 1.78. The third-order valence-corrected chi connectivity index (χ3v) is 1.36. The SMILES string of the molecule is [NH3+]c1cc(Cl)cc(Cl)c1. The predicted octanol–water partition coefficient (Wildman–Crippen LogP) is 1.87. The first-order valence-electron chi connectivity index (χ1n) is 2.46. The molecule has 3 N–H and O–H groups in total. The molecule has 0 saturated heterocycles. The van der Waals surface area contributed by atoms with E-state index in [1.165, 1.54) is 0 Å². The number of hydrogen-bond acceptors (Lipinski definition) is 0. The van der Waals surface area contributed by atoms with E-state index in [9.17, 15) is 0 Å². The molecule has 0 atom stereocenters. The van der Waals surface area contributed by atoms with Crippen LogP contribution in [0.3, 0.4) is 0 Å². The van der Waals surface area contributed by atoms with Crippen molar-refractivity contribution in [3.8, 4) is 0 Å². The molecule has 0 bridgehead atoms. The normalized spacial score (nSPS) is 9.67. The van der Waals surface area contributed by atoms with E-state index in [0.29, 0.717) is 10.0 Å². The fraction of sp³-hybridized carbons (Fsp3) is 0. The van der Waals surface area contributed by atoms with Crippen LogP contribution in [-0.2, 0) is 0 Å². The van der Waals surface area contributed by atoms with Gasteiger partial charge in [-0.3, -0.25) is 0 Å². The molecular weight excluding hydrogens is 157 g/mol. The lowest BCUT2D eigenvalue weighted by atomic mass is 10.3. The van der Waals surface area contributed by atoms with Gasteiger partial charge < -0.3 is 5.73 Å². The van der Waals surface area contributed by atoms with Crippen LogP contribution in [0.4, 0.5) is 5.69 Å². The molecule has 1 aromatic carbocycles. The van der Waals surface area contributed by atoms with Crippen molar-refractivity contribution in [2.75, 3.05) is 0 Å². The third kappa shape index (κ3) is 1.86. The summed E-state index contributed by atoms with van der Waals surface area (Å²) < 4.78 is 0. The molecule has 0 unspecified atom stereocenters. The van der Waals surface area contributed by atoms with E-state index in [4.69, 9.17) is 23.2 Å². The Morgan fingerprint density at radius 2 is 1.44 bits per heavy atom. The van der Waals surface area contributed by atoms with Gasteiger partial charge in [0.2, 0.25) is 0 Å². The summed E-state index contributed by atoms with van der Waals surface area (Å²) in [6.07, 6.45) is 0. The Balaban J connectivity index is 3.17. The lowest BCUT2D eigenvalue weighted by Crippen LogP contribution is -2.39. The van der Waals surface area contributed by atoms with Crippen LogP contribution in [0, 0.1) is 0 Å². The monoisotopic (exact) mass is 162 g/mol. The summed E-state index contributed by atoms with van der Waals surface area (Å²) in [7, 11) is 0. The van der Waals surface area contributed by atoms with Crippen LogP contribution in [0.25, 0.3) is 0 Å².